The van der Waals surface area contributed by atoms with Crippen LogP contribution in [0.4, 0.5) is 4.39 Å². The average Bonchev–Trinajstić information content (AvgIpc) is 3.36. The molecule has 1 unspecified atom stereocenters. The van der Waals surface area contributed by atoms with Gasteiger partial charge in [-0.2, -0.15) is 0 Å². The lowest BCUT2D eigenvalue weighted by Gasteiger charge is -2.31. The fourth-order valence-electron chi connectivity index (χ4n) is 3.75. The molecule has 1 aromatic carbocycles. The molecule has 0 aliphatic heterocycles. The highest BCUT2D eigenvalue weighted by Gasteiger charge is 2.51. The van der Waals surface area contributed by atoms with E-state index in [0.717, 1.165) is 31.2 Å². The number of nitrogens with one attached hydrogen (secondary N) is 1. The zero-order chi connectivity index (χ0) is 15.6. The molecule has 0 aromatic heterocycles. The van der Waals surface area contributed by atoms with Crippen LogP contribution in [0.3, 0.4) is 0 Å². The Labute approximate surface area is 131 Å². The predicted molar refractivity (Wildman–Crippen MR) is 84.9 cm³/mol. The summed E-state index contributed by atoms with van der Waals surface area (Å²) in [6, 6.07) is 6.42. The first kappa shape index (κ1) is 15.5. The van der Waals surface area contributed by atoms with Crippen LogP contribution in [-0.4, -0.2) is 18.5 Å². The minimum Gasteiger partial charge on any atom is -0.351 e. The monoisotopic (exact) mass is 304 g/mol. The number of benzene rings is 1. The van der Waals surface area contributed by atoms with Crippen molar-refractivity contribution in [1.82, 2.24) is 5.32 Å². The molecule has 3 nitrogen and oxygen atoms in total. The summed E-state index contributed by atoms with van der Waals surface area (Å²) in [6.45, 7) is 0.496. The number of amides is 1. The van der Waals surface area contributed by atoms with Crippen molar-refractivity contribution in [3.05, 3.63) is 35.6 Å². The molecule has 1 aromatic rings. The number of carbonyl (C=O) groups is 1. The van der Waals surface area contributed by atoms with Crippen molar-refractivity contribution < 1.29 is 9.18 Å². The Morgan fingerprint density at radius 1 is 1.23 bits per heavy atom. The Hall–Kier alpha value is -1.42. The van der Waals surface area contributed by atoms with E-state index in [4.69, 9.17) is 5.73 Å². The third kappa shape index (κ3) is 3.02. The van der Waals surface area contributed by atoms with Crippen LogP contribution in [0.2, 0.25) is 0 Å². The first-order valence-electron chi connectivity index (χ1n) is 8.43. The summed E-state index contributed by atoms with van der Waals surface area (Å²) < 4.78 is 13.1. The topological polar surface area (TPSA) is 55.1 Å². The van der Waals surface area contributed by atoms with Crippen LogP contribution >= 0.6 is 0 Å². The quantitative estimate of drug-likeness (QED) is 0.879. The van der Waals surface area contributed by atoms with E-state index in [0.29, 0.717) is 12.5 Å². The van der Waals surface area contributed by atoms with Crippen molar-refractivity contribution in [2.24, 2.45) is 11.7 Å². The molecule has 0 radical (unpaired) electrons. The summed E-state index contributed by atoms with van der Waals surface area (Å²) >= 11 is 0. The van der Waals surface area contributed by atoms with Gasteiger partial charge in [-0.25, -0.2) is 4.39 Å². The van der Waals surface area contributed by atoms with Gasteiger partial charge in [0.15, 0.2) is 0 Å². The molecule has 2 fully saturated rings. The zero-order valence-electron chi connectivity index (χ0n) is 13.0. The lowest BCUT2D eigenvalue weighted by Crippen LogP contribution is -2.49. The van der Waals surface area contributed by atoms with Crippen molar-refractivity contribution >= 4 is 5.91 Å². The van der Waals surface area contributed by atoms with Gasteiger partial charge in [0.1, 0.15) is 5.82 Å². The van der Waals surface area contributed by atoms with Gasteiger partial charge in [0.2, 0.25) is 5.91 Å². The second-order valence-electron chi connectivity index (χ2n) is 6.80. The van der Waals surface area contributed by atoms with E-state index in [9.17, 15) is 9.18 Å². The molecule has 1 amide bonds. The molecular weight excluding hydrogens is 279 g/mol. The summed E-state index contributed by atoms with van der Waals surface area (Å²) in [5.41, 5.74) is 6.38. The molecule has 0 bridgehead atoms. The van der Waals surface area contributed by atoms with E-state index in [-0.39, 0.29) is 17.8 Å². The number of hydrogen-bond acceptors (Lipinski definition) is 2. The van der Waals surface area contributed by atoms with Gasteiger partial charge in [-0.3, -0.25) is 4.79 Å². The molecule has 120 valence electrons. The third-order valence-electron chi connectivity index (χ3n) is 5.37. The highest BCUT2D eigenvalue weighted by atomic mass is 19.1. The van der Waals surface area contributed by atoms with Crippen LogP contribution < -0.4 is 11.1 Å². The smallest absolute Gasteiger partial charge is 0.230 e. The second kappa shape index (κ2) is 6.37. The van der Waals surface area contributed by atoms with Gasteiger partial charge >= 0.3 is 0 Å². The molecule has 2 aliphatic rings. The van der Waals surface area contributed by atoms with Gasteiger partial charge in [0.05, 0.1) is 5.41 Å². The highest BCUT2D eigenvalue weighted by molar-refractivity contribution is 5.91. The number of halogens is 1. The van der Waals surface area contributed by atoms with E-state index in [1.54, 1.807) is 12.1 Å². The Morgan fingerprint density at radius 2 is 1.86 bits per heavy atom. The number of carbonyl (C=O) groups excluding carboxylic acids is 1. The average molecular weight is 304 g/mol. The predicted octanol–water partition coefficient (Wildman–Crippen LogP) is 2.88. The van der Waals surface area contributed by atoms with Crippen LogP contribution in [0.1, 0.15) is 50.5 Å². The lowest BCUT2D eigenvalue weighted by molar-refractivity contribution is -0.124. The van der Waals surface area contributed by atoms with Crippen LogP contribution in [0.15, 0.2) is 24.3 Å². The van der Waals surface area contributed by atoms with Gasteiger partial charge in [-0.05, 0) is 49.3 Å². The van der Waals surface area contributed by atoms with Crippen LogP contribution in [0, 0.1) is 11.7 Å². The maximum absolute atomic E-state index is 13.1. The number of hydrogen-bond donors (Lipinski definition) is 2. The molecule has 3 N–H and O–H groups in total. The molecule has 2 saturated carbocycles. The zero-order valence-corrected chi connectivity index (χ0v) is 13.0. The summed E-state index contributed by atoms with van der Waals surface area (Å²) in [7, 11) is 0. The Balaban J connectivity index is 1.68. The Bertz CT molecular complexity index is 518. The molecule has 0 saturated heterocycles. The van der Waals surface area contributed by atoms with E-state index in [1.165, 1.54) is 31.4 Å². The standard InChI is InChI=1S/C18H25FN2O/c19-15-8-6-14(7-9-15)18(10-11-18)17(22)21-16(12-20)13-4-2-1-3-5-13/h6-9,13,16H,1-5,10-12,20H2,(H,21,22). The Morgan fingerprint density at radius 3 is 2.41 bits per heavy atom. The van der Waals surface area contributed by atoms with E-state index in [2.05, 4.69) is 5.32 Å². The largest absolute Gasteiger partial charge is 0.351 e. The number of rotatable bonds is 5. The van der Waals surface area contributed by atoms with Gasteiger partial charge in [-0.1, -0.05) is 31.4 Å². The fourth-order valence-corrected chi connectivity index (χ4v) is 3.75. The summed E-state index contributed by atoms with van der Waals surface area (Å²) in [5.74, 6) is 0.314. The summed E-state index contributed by atoms with van der Waals surface area (Å²) in [6.07, 6.45) is 7.76. The molecule has 22 heavy (non-hydrogen) atoms. The van der Waals surface area contributed by atoms with Crippen molar-refractivity contribution in [2.45, 2.75) is 56.4 Å². The maximum atomic E-state index is 13.1. The minimum absolute atomic E-state index is 0.0696. The van der Waals surface area contributed by atoms with Crippen LogP contribution in [0.5, 0.6) is 0 Å². The molecular formula is C18H25FN2O. The van der Waals surface area contributed by atoms with Crippen molar-refractivity contribution in [1.29, 1.82) is 0 Å². The molecule has 3 rings (SSSR count). The van der Waals surface area contributed by atoms with E-state index < -0.39 is 5.41 Å². The van der Waals surface area contributed by atoms with Gasteiger partial charge in [0, 0.05) is 12.6 Å². The van der Waals surface area contributed by atoms with Crippen molar-refractivity contribution in [3.8, 4) is 0 Å². The van der Waals surface area contributed by atoms with Gasteiger partial charge in [-0.15, -0.1) is 0 Å². The molecule has 1 atom stereocenters. The fraction of sp³-hybridized carbons (Fsp3) is 0.611. The third-order valence-corrected chi connectivity index (χ3v) is 5.37. The second-order valence-corrected chi connectivity index (χ2v) is 6.80. The SMILES string of the molecule is NCC(NC(=O)C1(c2ccc(F)cc2)CC1)C1CCCCC1. The highest BCUT2D eigenvalue weighted by Crippen LogP contribution is 2.48. The first-order chi connectivity index (χ1) is 10.7. The van der Waals surface area contributed by atoms with Crippen molar-refractivity contribution in [2.75, 3.05) is 6.54 Å². The van der Waals surface area contributed by atoms with Crippen molar-refractivity contribution in [3.63, 3.8) is 0 Å². The van der Waals surface area contributed by atoms with Gasteiger partial charge < -0.3 is 11.1 Å². The van der Waals surface area contributed by atoms with Crippen LogP contribution in [0.25, 0.3) is 0 Å². The lowest BCUT2D eigenvalue weighted by atomic mass is 9.83. The summed E-state index contributed by atoms with van der Waals surface area (Å²) in [5, 5.41) is 3.19. The normalized spacial score (nSPS) is 22.1. The molecule has 4 heteroatoms. The van der Waals surface area contributed by atoms with E-state index in [1.807, 2.05) is 0 Å². The summed E-state index contributed by atoms with van der Waals surface area (Å²) in [4.78, 5) is 12.8. The Kier molecular flexibility index (Phi) is 4.48. The molecule has 0 spiro atoms. The first-order valence-corrected chi connectivity index (χ1v) is 8.43. The minimum atomic E-state index is -0.449. The van der Waals surface area contributed by atoms with E-state index >= 15 is 0 Å². The maximum Gasteiger partial charge on any atom is 0.230 e. The molecule has 2 aliphatic carbocycles. The van der Waals surface area contributed by atoms with Gasteiger partial charge in [0.25, 0.3) is 0 Å². The molecule has 0 heterocycles. The number of nitrogens with two attached hydrogens (primary N) is 1. The van der Waals surface area contributed by atoms with Crippen LogP contribution in [-0.2, 0) is 10.2 Å².